The van der Waals surface area contributed by atoms with Crippen LogP contribution in [0.25, 0.3) is 0 Å². The molecule has 1 rings (SSSR count). The van der Waals surface area contributed by atoms with Crippen molar-refractivity contribution in [3.63, 3.8) is 0 Å². The molecular formula is C11H21NO4. The molecule has 1 fully saturated rings. The van der Waals surface area contributed by atoms with Crippen LogP contribution in [0.2, 0.25) is 0 Å². The quantitative estimate of drug-likeness (QED) is 0.616. The summed E-state index contributed by atoms with van der Waals surface area (Å²) in [6, 6.07) is 0.298. The SMILES string of the molecule is COCCOCC(=O)N(C)C1CCOCC1. The molecule has 0 radical (unpaired) electrons. The minimum atomic E-state index is 0.0306. The van der Waals surface area contributed by atoms with Crippen molar-refractivity contribution >= 4 is 5.91 Å². The molecule has 0 aromatic heterocycles. The molecule has 0 unspecified atom stereocenters. The van der Waals surface area contributed by atoms with E-state index in [1.54, 1.807) is 12.0 Å². The number of methoxy groups -OCH3 is 1. The minimum absolute atomic E-state index is 0.0306. The lowest BCUT2D eigenvalue weighted by Crippen LogP contribution is -2.42. The van der Waals surface area contributed by atoms with Crippen molar-refractivity contribution in [2.75, 3.05) is 47.2 Å². The van der Waals surface area contributed by atoms with Gasteiger partial charge < -0.3 is 19.1 Å². The maximum atomic E-state index is 11.7. The van der Waals surface area contributed by atoms with Gasteiger partial charge in [-0.25, -0.2) is 0 Å². The van der Waals surface area contributed by atoms with Gasteiger partial charge in [0.2, 0.25) is 5.91 Å². The van der Waals surface area contributed by atoms with Gasteiger partial charge in [-0.05, 0) is 12.8 Å². The zero-order valence-corrected chi connectivity index (χ0v) is 10.1. The van der Waals surface area contributed by atoms with E-state index < -0.39 is 0 Å². The number of nitrogens with zero attached hydrogens (tertiary/aromatic N) is 1. The Labute approximate surface area is 96.6 Å². The van der Waals surface area contributed by atoms with Gasteiger partial charge in [0, 0.05) is 33.4 Å². The van der Waals surface area contributed by atoms with Crippen molar-refractivity contribution in [2.24, 2.45) is 0 Å². The van der Waals surface area contributed by atoms with Crippen molar-refractivity contribution < 1.29 is 19.0 Å². The van der Waals surface area contributed by atoms with E-state index in [2.05, 4.69) is 0 Å². The van der Waals surface area contributed by atoms with Crippen LogP contribution >= 0.6 is 0 Å². The predicted molar refractivity (Wildman–Crippen MR) is 59.3 cm³/mol. The standard InChI is InChI=1S/C11H21NO4/c1-12(10-3-5-15-6-4-10)11(13)9-16-8-7-14-2/h10H,3-9H2,1-2H3. The summed E-state index contributed by atoms with van der Waals surface area (Å²) < 4.78 is 15.3. The van der Waals surface area contributed by atoms with E-state index in [1.165, 1.54) is 0 Å². The largest absolute Gasteiger partial charge is 0.382 e. The van der Waals surface area contributed by atoms with Crippen LogP contribution < -0.4 is 0 Å². The Bertz CT molecular complexity index is 204. The summed E-state index contributed by atoms with van der Waals surface area (Å²) in [5.74, 6) is 0.0306. The zero-order valence-electron chi connectivity index (χ0n) is 10.1. The van der Waals surface area contributed by atoms with E-state index in [4.69, 9.17) is 14.2 Å². The topological polar surface area (TPSA) is 48.0 Å². The average Bonchev–Trinajstić information content (AvgIpc) is 2.34. The molecule has 5 nitrogen and oxygen atoms in total. The fourth-order valence-electron chi connectivity index (χ4n) is 1.68. The van der Waals surface area contributed by atoms with Gasteiger partial charge in [0.15, 0.2) is 0 Å². The Hall–Kier alpha value is -0.650. The van der Waals surface area contributed by atoms with E-state index in [0.29, 0.717) is 19.3 Å². The monoisotopic (exact) mass is 231 g/mol. The van der Waals surface area contributed by atoms with Crippen molar-refractivity contribution in [2.45, 2.75) is 18.9 Å². The van der Waals surface area contributed by atoms with E-state index in [0.717, 1.165) is 26.1 Å². The molecule has 0 aromatic rings. The van der Waals surface area contributed by atoms with Crippen LogP contribution in [0.1, 0.15) is 12.8 Å². The fraction of sp³-hybridized carbons (Fsp3) is 0.909. The summed E-state index contributed by atoms with van der Waals surface area (Å²) in [7, 11) is 3.44. The molecule has 0 N–H and O–H groups in total. The third kappa shape index (κ3) is 4.47. The summed E-state index contributed by atoms with van der Waals surface area (Å²) in [5.41, 5.74) is 0. The number of carbonyl (C=O) groups excluding carboxylic acids is 1. The third-order valence-electron chi connectivity index (χ3n) is 2.79. The van der Waals surface area contributed by atoms with Gasteiger partial charge in [0.1, 0.15) is 6.61 Å². The molecular weight excluding hydrogens is 210 g/mol. The summed E-state index contributed by atoms with van der Waals surface area (Å²) in [5, 5.41) is 0. The van der Waals surface area contributed by atoms with Gasteiger partial charge in [-0.15, -0.1) is 0 Å². The number of hydrogen-bond acceptors (Lipinski definition) is 4. The van der Waals surface area contributed by atoms with Crippen LogP contribution in [0.3, 0.4) is 0 Å². The number of ether oxygens (including phenoxy) is 3. The fourth-order valence-corrected chi connectivity index (χ4v) is 1.68. The first-order valence-electron chi connectivity index (χ1n) is 5.65. The molecule has 1 aliphatic heterocycles. The second-order valence-corrected chi connectivity index (χ2v) is 3.89. The summed E-state index contributed by atoms with van der Waals surface area (Å²) in [6.07, 6.45) is 1.83. The van der Waals surface area contributed by atoms with E-state index in [-0.39, 0.29) is 12.5 Å². The smallest absolute Gasteiger partial charge is 0.248 e. The highest BCUT2D eigenvalue weighted by Gasteiger charge is 2.22. The molecule has 5 heteroatoms. The van der Waals surface area contributed by atoms with Gasteiger partial charge >= 0.3 is 0 Å². The van der Waals surface area contributed by atoms with Crippen molar-refractivity contribution in [3.8, 4) is 0 Å². The highest BCUT2D eigenvalue weighted by molar-refractivity contribution is 5.77. The number of rotatable bonds is 6. The average molecular weight is 231 g/mol. The number of likely N-dealkylation sites (N-methyl/N-ethyl adjacent to an activating group) is 1. The molecule has 0 spiro atoms. The lowest BCUT2D eigenvalue weighted by atomic mass is 10.1. The lowest BCUT2D eigenvalue weighted by Gasteiger charge is -2.31. The highest BCUT2D eigenvalue weighted by atomic mass is 16.5. The molecule has 1 aliphatic rings. The van der Waals surface area contributed by atoms with Gasteiger partial charge in [0.25, 0.3) is 0 Å². The molecule has 0 bridgehead atoms. The van der Waals surface area contributed by atoms with Gasteiger partial charge in [-0.3, -0.25) is 4.79 Å². The first-order valence-corrected chi connectivity index (χ1v) is 5.65. The highest BCUT2D eigenvalue weighted by Crippen LogP contribution is 2.12. The van der Waals surface area contributed by atoms with Crippen molar-refractivity contribution in [1.29, 1.82) is 0 Å². The second kappa shape index (κ2) is 7.60. The number of amides is 1. The Kier molecular flexibility index (Phi) is 6.37. The second-order valence-electron chi connectivity index (χ2n) is 3.89. The van der Waals surface area contributed by atoms with Gasteiger partial charge in [-0.1, -0.05) is 0 Å². The molecule has 1 saturated heterocycles. The Morgan fingerprint density at radius 1 is 1.38 bits per heavy atom. The predicted octanol–water partition coefficient (Wildman–Crippen LogP) is 0.287. The van der Waals surface area contributed by atoms with Crippen LogP contribution in [0.5, 0.6) is 0 Å². The molecule has 0 saturated carbocycles. The van der Waals surface area contributed by atoms with Crippen LogP contribution in [-0.4, -0.2) is 64.0 Å². The number of hydrogen-bond donors (Lipinski definition) is 0. The van der Waals surface area contributed by atoms with Crippen LogP contribution in [0, 0.1) is 0 Å². The maximum absolute atomic E-state index is 11.7. The minimum Gasteiger partial charge on any atom is -0.382 e. The van der Waals surface area contributed by atoms with Crippen molar-refractivity contribution in [3.05, 3.63) is 0 Å². The number of carbonyl (C=O) groups is 1. The van der Waals surface area contributed by atoms with E-state index >= 15 is 0 Å². The summed E-state index contributed by atoms with van der Waals surface area (Å²) in [4.78, 5) is 13.5. The Morgan fingerprint density at radius 3 is 2.69 bits per heavy atom. The normalized spacial score (nSPS) is 17.4. The van der Waals surface area contributed by atoms with Crippen LogP contribution in [-0.2, 0) is 19.0 Å². The molecule has 94 valence electrons. The summed E-state index contributed by atoms with van der Waals surface area (Å²) >= 11 is 0. The lowest BCUT2D eigenvalue weighted by molar-refractivity contribution is -0.139. The zero-order chi connectivity index (χ0) is 11.8. The summed E-state index contributed by atoms with van der Waals surface area (Å²) in [6.45, 7) is 2.61. The Morgan fingerprint density at radius 2 is 2.06 bits per heavy atom. The van der Waals surface area contributed by atoms with Crippen molar-refractivity contribution in [1.82, 2.24) is 4.90 Å². The molecule has 0 atom stereocenters. The Balaban J connectivity index is 2.18. The van der Waals surface area contributed by atoms with Crippen LogP contribution in [0.15, 0.2) is 0 Å². The molecule has 16 heavy (non-hydrogen) atoms. The molecule has 1 heterocycles. The molecule has 1 amide bonds. The van der Waals surface area contributed by atoms with E-state index in [9.17, 15) is 4.79 Å². The third-order valence-corrected chi connectivity index (χ3v) is 2.79. The first-order chi connectivity index (χ1) is 7.75. The van der Waals surface area contributed by atoms with Gasteiger partial charge in [0.05, 0.1) is 13.2 Å². The van der Waals surface area contributed by atoms with Gasteiger partial charge in [-0.2, -0.15) is 0 Å². The first kappa shape index (κ1) is 13.4. The maximum Gasteiger partial charge on any atom is 0.248 e. The molecule has 0 aliphatic carbocycles. The molecule has 0 aromatic carbocycles. The van der Waals surface area contributed by atoms with E-state index in [1.807, 2.05) is 7.05 Å². The van der Waals surface area contributed by atoms with Crippen LogP contribution in [0.4, 0.5) is 0 Å².